The highest BCUT2D eigenvalue weighted by Gasteiger charge is 2.20. The Bertz CT molecular complexity index is 355. The Morgan fingerprint density at radius 2 is 2.19 bits per heavy atom. The summed E-state index contributed by atoms with van der Waals surface area (Å²) in [5.41, 5.74) is -0.451. The van der Waals surface area contributed by atoms with Crippen LogP contribution >= 0.6 is 24.0 Å². The largest absolute Gasteiger partial charge is 0.444 e. The highest BCUT2D eigenvalue weighted by atomic mass is 127. The van der Waals surface area contributed by atoms with Gasteiger partial charge in [0.1, 0.15) is 5.60 Å². The van der Waals surface area contributed by atoms with Gasteiger partial charge in [0, 0.05) is 33.2 Å². The second-order valence-corrected chi connectivity index (χ2v) is 6.36. The van der Waals surface area contributed by atoms with E-state index in [2.05, 4.69) is 22.5 Å². The molecule has 0 spiro atoms. The molecule has 0 radical (unpaired) electrons. The van der Waals surface area contributed by atoms with Crippen molar-refractivity contribution in [1.29, 1.82) is 0 Å². The van der Waals surface area contributed by atoms with Gasteiger partial charge in [0.15, 0.2) is 5.96 Å². The number of guanidine groups is 1. The first kappa shape index (κ1) is 20.3. The molecule has 1 aliphatic heterocycles. The van der Waals surface area contributed by atoms with Crippen LogP contribution in [0.2, 0.25) is 0 Å². The SMILES string of the molecule is CC(CNC1=NCCCN1)CN(C)C(=O)OC(C)(C)C.I. The van der Waals surface area contributed by atoms with Crippen LogP contribution < -0.4 is 10.6 Å². The molecule has 1 rings (SSSR count). The van der Waals surface area contributed by atoms with E-state index in [0.717, 1.165) is 32.0 Å². The van der Waals surface area contributed by atoms with Gasteiger partial charge in [-0.15, -0.1) is 24.0 Å². The van der Waals surface area contributed by atoms with E-state index in [0.29, 0.717) is 12.5 Å². The lowest BCUT2D eigenvalue weighted by atomic mass is 10.1. The van der Waals surface area contributed by atoms with Crippen LogP contribution in [0.3, 0.4) is 0 Å². The molecule has 1 atom stereocenters. The number of nitrogens with zero attached hydrogens (tertiary/aromatic N) is 2. The van der Waals surface area contributed by atoms with Gasteiger partial charge >= 0.3 is 6.09 Å². The van der Waals surface area contributed by atoms with Crippen molar-refractivity contribution in [2.45, 2.75) is 39.7 Å². The first-order valence-corrected chi connectivity index (χ1v) is 7.24. The highest BCUT2D eigenvalue weighted by molar-refractivity contribution is 14.0. The summed E-state index contributed by atoms with van der Waals surface area (Å²) >= 11 is 0. The maximum Gasteiger partial charge on any atom is 0.410 e. The molecule has 0 fully saturated rings. The van der Waals surface area contributed by atoms with E-state index in [1.165, 1.54) is 0 Å². The van der Waals surface area contributed by atoms with Gasteiger partial charge in [0.05, 0.1) is 0 Å². The van der Waals surface area contributed by atoms with Crippen molar-refractivity contribution < 1.29 is 9.53 Å². The van der Waals surface area contributed by atoms with Crippen LogP contribution in [0, 0.1) is 5.92 Å². The van der Waals surface area contributed by atoms with E-state index < -0.39 is 5.60 Å². The van der Waals surface area contributed by atoms with E-state index in [-0.39, 0.29) is 30.1 Å². The second-order valence-electron chi connectivity index (χ2n) is 6.36. The zero-order chi connectivity index (χ0) is 15.2. The van der Waals surface area contributed by atoms with Crippen LogP contribution in [0.15, 0.2) is 4.99 Å². The van der Waals surface area contributed by atoms with Gasteiger partial charge in [-0.2, -0.15) is 0 Å². The topological polar surface area (TPSA) is 66.0 Å². The van der Waals surface area contributed by atoms with Crippen LogP contribution in [0.4, 0.5) is 4.79 Å². The van der Waals surface area contributed by atoms with Gasteiger partial charge in [-0.3, -0.25) is 4.99 Å². The van der Waals surface area contributed by atoms with Gasteiger partial charge < -0.3 is 20.3 Å². The predicted octanol–water partition coefficient (Wildman–Crippen LogP) is 2.05. The molecule has 1 unspecified atom stereocenters. The molecule has 0 aromatic rings. The summed E-state index contributed by atoms with van der Waals surface area (Å²) < 4.78 is 5.33. The molecule has 0 saturated heterocycles. The third kappa shape index (κ3) is 9.00. The van der Waals surface area contributed by atoms with Gasteiger partial charge in [0.2, 0.25) is 0 Å². The Morgan fingerprint density at radius 1 is 1.52 bits per heavy atom. The maximum atomic E-state index is 11.8. The maximum absolute atomic E-state index is 11.8. The monoisotopic (exact) mass is 412 g/mol. The minimum absolute atomic E-state index is 0. The second kappa shape index (κ2) is 9.32. The van der Waals surface area contributed by atoms with E-state index in [9.17, 15) is 4.79 Å². The molecule has 1 aliphatic rings. The lowest BCUT2D eigenvalue weighted by Gasteiger charge is -2.27. The Hall–Kier alpha value is -0.730. The van der Waals surface area contributed by atoms with E-state index in [4.69, 9.17) is 4.74 Å². The minimum atomic E-state index is -0.451. The molecule has 124 valence electrons. The van der Waals surface area contributed by atoms with Crippen molar-refractivity contribution in [2.24, 2.45) is 10.9 Å². The van der Waals surface area contributed by atoms with Crippen molar-refractivity contribution in [2.75, 3.05) is 33.2 Å². The number of hydrogen-bond donors (Lipinski definition) is 2. The van der Waals surface area contributed by atoms with Crippen molar-refractivity contribution in [3.63, 3.8) is 0 Å². The zero-order valence-corrected chi connectivity index (χ0v) is 16.1. The molecular formula is C14H29IN4O2. The quantitative estimate of drug-likeness (QED) is 0.694. The molecule has 6 nitrogen and oxygen atoms in total. The molecule has 21 heavy (non-hydrogen) atoms. The van der Waals surface area contributed by atoms with Crippen molar-refractivity contribution in [3.05, 3.63) is 0 Å². The molecule has 0 bridgehead atoms. The number of hydrogen-bond acceptors (Lipinski definition) is 5. The standard InChI is InChI=1S/C14H28N4O2.HI/c1-11(9-17-12-15-7-6-8-16-12)10-18(5)13(19)20-14(2,3)4;/h11H,6-10H2,1-5H3,(H2,15,16,17);1H. The number of nitrogens with one attached hydrogen (secondary N) is 2. The Balaban J connectivity index is 0.00000400. The summed E-state index contributed by atoms with van der Waals surface area (Å²) in [5.74, 6) is 1.18. The molecule has 0 aliphatic carbocycles. The number of carbonyl (C=O) groups is 1. The Kier molecular flexibility index (Phi) is 9.00. The summed E-state index contributed by atoms with van der Waals surface area (Å²) in [5, 5.41) is 6.49. The lowest BCUT2D eigenvalue weighted by Crippen LogP contribution is -2.44. The van der Waals surface area contributed by atoms with Gasteiger partial charge in [-0.1, -0.05) is 6.92 Å². The molecular weight excluding hydrogens is 383 g/mol. The third-order valence-corrected chi connectivity index (χ3v) is 2.81. The summed E-state index contributed by atoms with van der Waals surface area (Å²) in [4.78, 5) is 17.8. The zero-order valence-electron chi connectivity index (χ0n) is 13.7. The Labute approximate surface area is 145 Å². The summed E-state index contributed by atoms with van der Waals surface area (Å²) in [6.45, 7) is 11.0. The number of carbonyl (C=O) groups excluding carboxylic acids is 1. The van der Waals surface area contributed by atoms with E-state index in [1.807, 2.05) is 20.8 Å². The van der Waals surface area contributed by atoms with Crippen LogP contribution in [-0.4, -0.2) is 55.8 Å². The summed E-state index contributed by atoms with van der Waals surface area (Å²) in [6.07, 6.45) is 0.805. The van der Waals surface area contributed by atoms with E-state index >= 15 is 0 Å². The van der Waals surface area contributed by atoms with Gasteiger partial charge in [0.25, 0.3) is 0 Å². The highest BCUT2D eigenvalue weighted by Crippen LogP contribution is 2.10. The fourth-order valence-corrected chi connectivity index (χ4v) is 1.87. The van der Waals surface area contributed by atoms with Crippen LogP contribution in [0.5, 0.6) is 0 Å². The van der Waals surface area contributed by atoms with Crippen LogP contribution in [-0.2, 0) is 4.74 Å². The molecule has 0 saturated carbocycles. The summed E-state index contributed by atoms with van der Waals surface area (Å²) in [6, 6.07) is 0. The number of ether oxygens (including phenoxy) is 1. The molecule has 1 heterocycles. The normalized spacial score (nSPS) is 16.0. The molecule has 1 amide bonds. The number of rotatable bonds is 4. The van der Waals surface area contributed by atoms with Crippen LogP contribution in [0.1, 0.15) is 34.1 Å². The average molecular weight is 412 g/mol. The van der Waals surface area contributed by atoms with Crippen molar-refractivity contribution >= 4 is 36.0 Å². The molecule has 7 heteroatoms. The van der Waals surface area contributed by atoms with Crippen LogP contribution in [0.25, 0.3) is 0 Å². The number of aliphatic imine (C=N–C) groups is 1. The molecule has 2 N–H and O–H groups in total. The smallest absolute Gasteiger partial charge is 0.410 e. The summed E-state index contributed by atoms with van der Waals surface area (Å²) in [7, 11) is 1.76. The number of halogens is 1. The molecule has 0 aromatic heterocycles. The average Bonchev–Trinajstić information content (AvgIpc) is 2.35. The van der Waals surface area contributed by atoms with Gasteiger partial charge in [-0.25, -0.2) is 4.79 Å². The lowest BCUT2D eigenvalue weighted by molar-refractivity contribution is 0.0278. The third-order valence-electron chi connectivity index (χ3n) is 2.81. The van der Waals surface area contributed by atoms with Gasteiger partial charge in [-0.05, 0) is 33.1 Å². The van der Waals surface area contributed by atoms with Crippen molar-refractivity contribution in [3.8, 4) is 0 Å². The van der Waals surface area contributed by atoms with E-state index in [1.54, 1.807) is 11.9 Å². The first-order chi connectivity index (χ1) is 9.28. The fourth-order valence-electron chi connectivity index (χ4n) is 1.87. The minimum Gasteiger partial charge on any atom is -0.444 e. The first-order valence-electron chi connectivity index (χ1n) is 7.24. The number of amides is 1. The predicted molar refractivity (Wildman–Crippen MR) is 96.4 cm³/mol. The molecule has 0 aromatic carbocycles. The van der Waals surface area contributed by atoms with Crippen molar-refractivity contribution in [1.82, 2.24) is 15.5 Å². The fraction of sp³-hybridized carbons (Fsp3) is 0.857. The Morgan fingerprint density at radius 3 is 2.71 bits per heavy atom.